The highest BCUT2D eigenvalue weighted by Crippen LogP contribution is 2.36. The summed E-state index contributed by atoms with van der Waals surface area (Å²) in [5.74, 6) is -1.22. The topological polar surface area (TPSA) is 99.0 Å². The summed E-state index contributed by atoms with van der Waals surface area (Å²) in [6.45, 7) is 0. The molecule has 0 atom stereocenters. The van der Waals surface area contributed by atoms with E-state index in [9.17, 15) is 14.0 Å². The smallest absolute Gasteiger partial charge is 0.341 e. The Bertz CT molecular complexity index is 971. The number of amides is 1. The van der Waals surface area contributed by atoms with Crippen LogP contribution in [0, 0.1) is 5.82 Å². The summed E-state index contributed by atoms with van der Waals surface area (Å²) in [7, 11) is 2.93. The molecule has 0 bridgehead atoms. The van der Waals surface area contributed by atoms with E-state index in [4.69, 9.17) is 4.74 Å². The third-order valence-electron chi connectivity index (χ3n) is 3.50. The fourth-order valence-corrected chi connectivity index (χ4v) is 3.86. The van der Waals surface area contributed by atoms with Gasteiger partial charge in [0.2, 0.25) is 11.1 Å². The van der Waals surface area contributed by atoms with Crippen molar-refractivity contribution in [3.8, 4) is 11.1 Å². The van der Waals surface area contributed by atoms with Crippen LogP contribution in [0.15, 0.2) is 34.8 Å². The minimum absolute atomic E-state index is 0.0681. The van der Waals surface area contributed by atoms with Crippen LogP contribution in [0.4, 0.5) is 9.39 Å². The Morgan fingerprint density at radius 3 is 2.70 bits per heavy atom. The van der Waals surface area contributed by atoms with Crippen LogP contribution in [-0.4, -0.2) is 44.9 Å². The number of thioether (sulfide) groups is 1. The molecule has 0 saturated carbocycles. The number of nitrogens with zero attached hydrogens (tertiary/aromatic N) is 4. The second-order valence-electron chi connectivity index (χ2n) is 5.27. The second-order valence-corrected chi connectivity index (χ2v) is 7.10. The van der Waals surface area contributed by atoms with Gasteiger partial charge in [-0.2, -0.15) is 0 Å². The average Bonchev–Trinajstić information content (AvgIpc) is 3.26. The lowest BCUT2D eigenvalue weighted by atomic mass is 10.0. The number of hydrogen-bond donors (Lipinski definition) is 1. The molecule has 1 aromatic carbocycles. The molecule has 0 aliphatic carbocycles. The van der Waals surface area contributed by atoms with Crippen LogP contribution < -0.4 is 5.32 Å². The number of carbonyl (C=O) groups excluding carboxylic acids is 2. The summed E-state index contributed by atoms with van der Waals surface area (Å²) in [4.78, 5) is 24.5. The van der Waals surface area contributed by atoms with Crippen LogP contribution >= 0.6 is 23.1 Å². The number of rotatable bonds is 6. The number of aromatic nitrogens is 4. The Morgan fingerprint density at radius 1 is 1.33 bits per heavy atom. The average molecular weight is 407 g/mol. The lowest BCUT2D eigenvalue weighted by molar-refractivity contribution is -0.113. The van der Waals surface area contributed by atoms with Crippen molar-refractivity contribution in [2.75, 3.05) is 18.2 Å². The normalized spacial score (nSPS) is 10.6. The number of carbonyl (C=O) groups is 2. The van der Waals surface area contributed by atoms with Gasteiger partial charge in [0, 0.05) is 18.0 Å². The lowest BCUT2D eigenvalue weighted by Crippen LogP contribution is -2.16. The van der Waals surface area contributed by atoms with Crippen molar-refractivity contribution in [3.05, 3.63) is 41.0 Å². The number of ether oxygens (including phenoxy) is 1. The summed E-state index contributed by atoms with van der Waals surface area (Å²) in [5, 5.41) is 16.3. The number of hydrogen-bond acceptors (Lipinski definition) is 8. The Morgan fingerprint density at radius 2 is 2.07 bits per heavy atom. The quantitative estimate of drug-likeness (QED) is 0.495. The maximum absolute atomic E-state index is 13.2. The van der Waals surface area contributed by atoms with Crippen LogP contribution in [0.1, 0.15) is 10.4 Å². The van der Waals surface area contributed by atoms with Gasteiger partial charge in [0.1, 0.15) is 16.4 Å². The zero-order valence-corrected chi connectivity index (χ0v) is 15.9. The van der Waals surface area contributed by atoms with E-state index < -0.39 is 5.97 Å². The van der Waals surface area contributed by atoms with Gasteiger partial charge in [0.05, 0.1) is 12.9 Å². The Hall–Kier alpha value is -2.79. The maximum Gasteiger partial charge on any atom is 0.341 e. The van der Waals surface area contributed by atoms with Gasteiger partial charge in [-0.1, -0.05) is 23.9 Å². The van der Waals surface area contributed by atoms with E-state index in [-0.39, 0.29) is 23.0 Å². The number of methoxy groups -OCH3 is 1. The monoisotopic (exact) mass is 407 g/mol. The minimum atomic E-state index is -0.587. The van der Waals surface area contributed by atoms with Crippen molar-refractivity contribution in [1.82, 2.24) is 20.2 Å². The SMILES string of the molecule is COC(=O)c1c(-c2ccc(F)cc2)csc1NC(=O)CSc1nnnn1C. The van der Waals surface area contributed by atoms with Gasteiger partial charge in [-0.3, -0.25) is 4.79 Å². The molecule has 0 fully saturated rings. The van der Waals surface area contributed by atoms with E-state index in [1.54, 1.807) is 24.6 Å². The van der Waals surface area contributed by atoms with Crippen molar-refractivity contribution in [3.63, 3.8) is 0 Å². The van der Waals surface area contributed by atoms with E-state index in [0.717, 1.165) is 0 Å². The van der Waals surface area contributed by atoms with Gasteiger partial charge in [0.15, 0.2) is 0 Å². The molecule has 0 aliphatic rings. The first-order chi connectivity index (χ1) is 13.0. The molecular weight excluding hydrogens is 393 g/mol. The minimum Gasteiger partial charge on any atom is -0.465 e. The lowest BCUT2D eigenvalue weighted by Gasteiger charge is -2.07. The predicted molar refractivity (Wildman–Crippen MR) is 99.2 cm³/mol. The summed E-state index contributed by atoms with van der Waals surface area (Å²) in [6, 6.07) is 5.73. The highest BCUT2D eigenvalue weighted by Gasteiger charge is 2.22. The van der Waals surface area contributed by atoms with Crippen molar-refractivity contribution in [1.29, 1.82) is 0 Å². The summed E-state index contributed by atoms with van der Waals surface area (Å²) < 4.78 is 19.5. The Labute approximate surface area is 161 Å². The molecule has 11 heteroatoms. The van der Waals surface area contributed by atoms with Gasteiger partial charge < -0.3 is 10.1 Å². The molecule has 2 aromatic heterocycles. The first kappa shape index (κ1) is 19.0. The molecule has 140 valence electrons. The van der Waals surface area contributed by atoms with Crippen LogP contribution in [0.3, 0.4) is 0 Å². The number of aryl methyl sites for hydroxylation is 1. The fraction of sp³-hybridized carbons (Fsp3) is 0.188. The van der Waals surface area contributed by atoms with E-state index in [0.29, 0.717) is 21.3 Å². The fourth-order valence-electron chi connectivity index (χ4n) is 2.23. The molecule has 0 spiro atoms. The highest BCUT2D eigenvalue weighted by molar-refractivity contribution is 7.99. The predicted octanol–water partition coefficient (Wildman–Crippen LogP) is 2.60. The van der Waals surface area contributed by atoms with Gasteiger partial charge >= 0.3 is 5.97 Å². The van der Waals surface area contributed by atoms with Crippen LogP contribution in [0.25, 0.3) is 11.1 Å². The number of thiophene rings is 1. The molecule has 0 unspecified atom stereocenters. The number of esters is 1. The zero-order chi connectivity index (χ0) is 19.4. The number of halogens is 1. The van der Waals surface area contributed by atoms with E-state index in [1.807, 2.05) is 0 Å². The molecule has 27 heavy (non-hydrogen) atoms. The van der Waals surface area contributed by atoms with Crippen LogP contribution in [0.5, 0.6) is 0 Å². The van der Waals surface area contributed by atoms with Crippen LogP contribution in [-0.2, 0) is 16.6 Å². The summed E-state index contributed by atoms with van der Waals surface area (Å²) in [5.41, 5.74) is 1.44. The molecule has 8 nitrogen and oxygen atoms in total. The molecule has 1 N–H and O–H groups in total. The molecule has 2 heterocycles. The maximum atomic E-state index is 13.2. The number of tetrazole rings is 1. The largest absolute Gasteiger partial charge is 0.465 e. The number of benzene rings is 1. The summed E-state index contributed by atoms with van der Waals surface area (Å²) >= 11 is 2.36. The van der Waals surface area contributed by atoms with Crippen molar-refractivity contribution in [2.24, 2.45) is 7.05 Å². The first-order valence-electron chi connectivity index (χ1n) is 7.60. The van der Waals surface area contributed by atoms with Gasteiger partial charge in [-0.15, -0.1) is 16.4 Å². The molecule has 1 amide bonds. The molecule has 0 radical (unpaired) electrons. The van der Waals surface area contributed by atoms with Crippen molar-refractivity contribution >= 4 is 40.0 Å². The third-order valence-corrected chi connectivity index (χ3v) is 5.41. The van der Waals surface area contributed by atoms with Gasteiger partial charge in [-0.05, 0) is 28.1 Å². The van der Waals surface area contributed by atoms with Crippen molar-refractivity contribution < 1.29 is 18.7 Å². The van der Waals surface area contributed by atoms with Gasteiger partial charge in [-0.25, -0.2) is 13.9 Å². The standard InChI is InChI=1S/C16H14FN5O3S2/c1-22-16(19-20-21-22)27-8-12(23)18-14-13(15(24)25-2)11(7-26-14)9-3-5-10(17)6-4-9/h3-7H,8H2,1-2H3,(H,18,23). The Kier molecular flexibility index (Phi) is 5.81. The number of nitrogens with one attached hydrogen (secondary N) is 1. The van der Waals surface area contributed by atoms with Crippen LogP contribution in [0.2, 0.25) is 0 Å². The van der Waals surface area contributed by atoms with Crippen molar-refractivity contribution in [2.45, 2.75) is 5.16 Å². The third kappa shape index (κ3) is 4.31. The van der Waals surface area contributed by atoms with Gasteiger partial charge in [0.25, 0.3) is 0 Å². The van der Waals surface area contributed by atoms with E-state index in [1.165, 1.54) is 47.0 Å². The van der Waals surface area contributed by atoms with E-state index in [2.05, 4.69) is 20.8 Å². The number of anilines is 1. The molecule has 0 saturated heterocycles. The highest BCUT2D eigenvalue weighted by atomic mass is 32.2. The molecule has 3 aromatic rings. The zero-order valence-electron chi connectivity index (χ0n) is 14.3. The molecular formula is C16H14FN5O3S2. The molecule has 3 rings (SSSR count). The molecule has 0 aliphatic heterocycles. The summed E-state index contributed by atoms with van der Waals surface area (Å²) in [6.07, 6.45) is 0. The second kappa shape index (κ2) is 8.27. The Balaban J connectivity index is 1.80. The van der Waals surface area contributed by atoms with E-state index >= 15 is 0 Å². The first-order valence-corrected chi connectivity index (χ1v) is 9.47.